The number of aryl methyl sites for hydroxylation is 2. The highest BCUT2D eigenvalue weighted by molar-refractivity contribution is 5.69. The fourth-order valence-corrected chi connectivity index (χ4v) is 4.00. The number of rotatable bonds is 5. The van der Waals surface area contributed by atoms with E-state index in [1.165, 1.54) is 40.9 Å². The second kappa shape index (κ2) is 7.36. The topological polar surface area (TPSA) is 27.1 Å². The number of ether oxygens (including phenoxy) is 1. The number of benzene rings is 2. The van der Waals surface area contributed by atoms with E-state index in [1.807, 2.05) is 0 Å². The first kappa shape index (κ1) is 16.9. The summed E-state index contributed by atoms with van der Waals surface area (Å²) in [5.74, 6) is 0.982. The van der Waals surface area contributed by atoms with Crippen molar-refractivity contribution in [1.29, 1.82) is 0 Å². The molecule has 0 spiro atoms. The second-order valence-electron chi connectivity index (χ2n) is 7.00. The van der Waals surface area contributed by atoms with Crippen LogP contribution < -0.4 is 4.74 Å². The minimum atomic E-state index is 0.982. The molecule has 0 amide bonds. The van der Waals surface area contributed by atoms with Crippen LogP contribution in [0.1, 0.15) is 43.0 Å². The summed E-state index contributed by atoms with van der Waals surface area (Å²) in [4.78, 5) is 0. The maximum absolute atomic E-state index is 5.58. The van der Waals surface area contributed by atoms with E-state index in [2.05, 4.69) is 60.1 Å². The molecular weight excluding hydrogens is 320 g/mol. The normalized spacial score (nSPS) is 13.5. The predicted octanol–water partition coefficient (Wildman–Crippen LogP) is 5.38. The summed E-state index contributed by atoms with van der Waals surface area (Å²) in [5, 5.41) is 5.00. The minimum absolute atomic E-state index is 0.982. The zero-order valence-electron chi connectivity index (χ0n) is 15.7. The van der Waals surface area contributed by atoms with Crippen LogP contribution in [0.25, 0.3) is 16.9 Å². The Balaban J connectivity index is 1.90. The molecule has 0 fully saturated rings. The van der Waals surface area contributed by atoms with Gasteiger partial charge in [0.2, 0.25) is 0 Å². The van der Waals surface area contributed by atoms with Gasteiger partial charge in [-0.2, -0.15) is 5.10 Å². The van der Waals surface area contributed by atoms with Gasteiger partial charge in [0.05, 0.1) is 24.2 Å². The minimum Gasteiger partial charge on any atom is -0.496 e. The van der Waals surface area contributed by atoms with Crippen molar-refractivity contribution >= 4 is 0 Å². The second-order valence-corrected chi connectivity index (χ2v) is 7.00. The van der Waals surface area contributed by atoms with Gasteiger partial charge in [0.1, 0.15) is 5.75 Å². The van der Waals surface area contributed by atoms with Crippen molar-refractivity contribution in [3.8, 4) is 22.7 Å². The summed E-state index contributed by atoms with van der Waals surface area (Å²) in [5.41, 5.74) is 7.60. The summed E-state index contributed by atoms with van der Waals surface area (Å²) < 4.78 is 7.72. The van der Waals surface area contributed by atoms with E-state index in [9.17, 15) is 0 Å². The van der Waals surface area contributed by atoms with Crippen LogP contribution in [0.2, 0.25) is 0 Å². The maximum Gasteiger partial charge on any atom is 0.122 e. The molecule has 0 radical (unpaired) electrons. The first-order valence-electron chi connectivity index (χ1n) is 9.65. The Labute approximate surface area is 155 Å². The summed E-state index contributed by atoms with van der Waals surface area (Å²) in [7, 11) is 1.75. The smallest absolute Gasteiger partial charge is 0.122 e. The molecule has 4 rings (SSSR count). The summed E-state index contributed by atoms with van der Waals surface area (Å²) in [6.45, 7) is 2.21. The molecule has 3 heteroatoms. The van der Waals surface area contributed by atoms with Gasteiger partial charge in [-0.05, 0) is 68.0 Å². The first-order valence-corrected chi connectivity index (χ1v) is 9.65. The van der Waals surface area contributed by atoms with Crippen LogP contribution in [-0.4, -0.2) is 16.9 Å². The van der Waals surface area contributed by atoms with Crippen molar-refractivity contribution in [2.24, 2.45) is 0 Å². The molecule has 1 aliphatic rings. The van der Waals surface area contributed by atoms with Crippen molar-refractivity contribution < 1.29 is 4.74 Å². The van der Waals surface area contributed by atoms with Crippen molar-refractivity contribution in [2.45, 2.75) is 45.4 Å². The average molecular weight is 346 g/mol. The van der Waals surface area contributed by atoms with Crippen molar-refractivity contribution in [2.75, 3.05) is 7.11 Å². The van der Waals surface area contributed by atoms with Crippen molar-refractivity contribution in [3.63, 3.8) is 0 Å². The fraction of sp³-hybridized carbons (Fsp3) is 0.348. The van der Waals surface area contributed by atoms with Crippen LogP contribution >= 0.6 is 0 Å². The van der Waals surface area contributed by atoms with Crippen molar-refractivity contribution in [1.82, 2.24) is 9.78 Å². The van der Waals surface area contributed by atoms with Gasteiger partial charge in [0.25, 0.3) is 0 Å². The third kappa shape index (κ3) is 3.03. The lowest BCUT2D eigenvalue weighted by atomic mass is 9.92. The molecule has 1 aliphatic carbocycles. The van der Waals surface area contributed by atoms with E-state index in [-0.39, 0.29) is 0 Å². The van der Waals surface area contributed by atoms with Crippen molar-refractivity contribution in [3.05, 3.63) is 65.4 Å². The molecule has 0 saturated heterocycles. The average Bonchev–Trinajstić information content (AvgIpc) is 3.08. The van der Waals surface area contributed by atoms with E-state index < -0.39 is 0 Å². The number of hydrogen-bond donors (Lipinski definition) is 0. The Bertz CT molecular complexity index is 896. The van der Waals surface area contributed by atoms with E-state index in [4.69, 9.17) is 9.84 Å². The van der Waals surface area contributed by atoms with Crippen LogP contribution in [0.15, 0.2) is 48.5 Å². The zero-order valence-corrected chi connectivity index (χ0v) is 15.7. The van der Waals surface area contributed by atoms with Gasteiger partial charge >= 0.3 is 0 Å². The Kier molecular flexibility index (Phi) is 4.79. The largest absolute Gasteiger partial charge is 0.496 e. The van der Waals surface area contributed by atoms with Gasteiger partial charge < -0.3 is 4.74 Å². The van der Waals surface area contributed by atoms with Gasteiger partial charge in [-0.25, -0.2) is 4.68 Å². The van der Waals surface area contributed by atoms with E-state index in [0.29, 0.717) is 0 Å². The number of nitrogens with zero attached hydrogens (tertiary/aromatic N) is 2. The molecule has 134 valence electrons. The maximum atomic E-state index is 5.58. The Hall–Kier alpha value is -2.55. The highest BCUT2D eigenvalue weighted by atomic mass is 16.5. The van der Waals surface area contributed by atoms with Gasteiger partial charge in [-0.1, -0.05) is 31.5 Å². The lowest BCUT2D eigenvalue weighted by Crippen LogP contribution is -2.02. The monoisotopic (exact) mass is 346 g/mol. The third-order valence-electron chi connectivity index (χ3n) is 5.23. The quantitative estimate of drug-likeness (QED) is 0.620. The third-order valence-corrected chi connectivity index (χ3v) is 5.23. The number of fused-ring (bicyclic) bond motifs is 1. The van der Waals surface area contributed by atoms with Gasteiger partial charge in [0, 0.05) is 11.1 Å². The molecule has 0 N–H and O–H groups in total. The molecule has 0 unspecified atom stereocenters. The lowest BCUT2D eigenvalue weighted by molar-refractivity contribution is 0.409. The highest BCUT2D eigenvalue weighted by Gasteiger charge is 2.23. The van der Waals surface area contributed by atoms with E-state index >= 15 is 0 Å². The van der Waals surface area contributed by atoms with Crippen LogP contribution in [0, 0.1) is 0 Å². The Morgan fingerprint density at radius 2 is 1.85 bits per heavy atom. The Morgan fingerprint density at radius 1 is 1.04 bits per heavy atom. The van der Waals surface area contributed by atoms with Gasteiger partial charge in [-0.15, -0.1) is 0 Å². The van der Waals surface area contributed by atoms with E-state index in [0.717, 1.165) is 37.1 Å². The van der Waals surface area contributed by atoms with Gasteiger partial charge in [-0.3, -0.25) is 0 Å². The molecular formula is C23H26N2O. The number of hydrogen-bond acceptors (Lipinski definition) is 2. The molecule has 26 heavy (non-hydrogen) atoms. The molecule has 3 nitrogen and oxygen atoms in total. The predicted molar refractivity (Wildman–Crippen MR) is 106 cm³/mol. The Morgan fingerprint density at radius 3 is 2.62 bits per heavy atom. The first-order chi connectivity index (χ1) is 12.8. The van der Waals surface area contributed by atoms with E-state index in [1.54, 1.807) is 7.11 Å². The van der Waals surface area contributed by atoms with Crippen LogP contribution in [0.4, 0.5) is 0 Å². The van der Waals surface area contributed by atoms with Crippen LogP contribution in [-0.2, 0) is 19.3 Å². The molecule has 3 aromatic rings. The fourth-order valence-electron chi connectivity index (χ4n) is 4.00. The number of para-hydroxylation sites is 1. The van der Waals surface area contributed by atoms with Gasteiger partial charge in [0.15, 0.2) is 0 Å². The summed E-state index contributed by atoms with van der Waals surface area (Å²) >= 11 is 0. The molecule has 1 heterocycles. The SMILES string of the molecule is CCCc1cc(-c2c3c(nn2-c2ccccc2)CCCC3)ccc1OC. The molecule has 0 aliphatic heterocycles. The molecule has 2 aromatic carbocycles. The molecule has 0 saturated carbocycles. The summed E-state index contributed by atoms with van der Waals surface area (Å²) in [6, 6.07) is 17.1. The standard InChI is InChI=1S/C23H26N2O/c1-3-9-17-16-18(14-15-22(17)26-2)23-20-12-7-8-13-21(20)24-25(23)19-10-5-4-6-11-19/h4-6,10-11,14-16H,3,7-9,12-13H2,1-2H3. The zero-order chi connectivity index (χ0) is 17.9. The lowest BCUT2D eigenvalue weighted by Gasteiger charge is -2.15. The summed E-state index contributed by atoms with van der Waals surface area (Å²) in [6.07, 6.45) is 6.82. The molecule has 0 bridgehead atoms. The molecule has 0 atom stereocenters. The molecule has 1 aromatic heterocycles. The highest BCUT2D eigenvalue weighted by Crippen LogP contribution is 2.35. The van der Waals surface area contributed by atoms with Crippen LogP contribution in [0.5, 0.6) is 5.75 Å². The number of methoxy groups -OCH3 is 1. The van der Waals surface area contributed by atoms with Crippen LogP contribution in [0.3, 0.4) is 0 Å². The number of aromatic nitrogens is 2.